The maximum atomic E-state index is 12.7. The van der Waals surface area contributed by atoms with Crippen molar-refractivity contribution in [3.8, 4) is 0 Å². The Kier molecular flexibility index (Phi) is 8.23. The quantitative estimate of drug-likeness (QED) is 0.348. The molecule has 0 amide bonds. The van der Waals surface area contributed by atoms with Gasteiger partial charge in [-0.2, -0.15) is 0 Å². The van der Waals surface area contributed by atoms with E-state index in [0.717, 1.165) is 12.2 Å². The lowest BCUT2D eigenvalue weighted by molar-refractivity contribution is -0.136. The highest BCUT2D eigenvalue weighted by Gasteiger charge is 2.35. The van der Waals surface area contributed by atoms with Crippen LogP contribution in [0.4, 0.5) is 0 Å². The molecule has 0 aliphatic carbocycles. The van der Waals surface area contributed by atoms with E-state index in [4.69, 9.17) is 18.9 Å². The predicted octanol–water partition coefficient (Wildman–Crippen LogP) is 3.55. The molecule has 10 nitrogen and oxygen atoms in total. The molecule has 0 aliphatic heterocycles. The highest BCUT2D eigenvalue weighted by Crippen LogP contribution is 2.43. The Labute approximate surface area is 210 Å². The van der Waals surface area contributed by atoms with Gasteiger partial charge in [-0.3, -0.25) is 0 Å². The van der Waals surface area contributed by atoms with Crippen LogP contribution in [0.3, 0.4) is 0 Å². The monoisotopic (exact) mass is 502 g/mol. The van der Waals surface area contributed by atoms with Gasteiger partial charge < -0.3 is 28.9 Å². The summed E-state index contributed by atoms with van der Waals surface area (Å²) >= 11 is 0. The van der Waals surface area contributed by atoms with Gasteiger partial charge in [0, 0.05) is 23.3 Å². The number of H-pyrrole nitrogens is 2. The summed E-state index contributed by atoms with van der Waals surface area (Å²) < 4.78 is 19.4. The molecular formula is C26H34N2O8. The maximum Gasteiger partial charge on any atom is 0.340 e. The molecule has 36 heavy (non-hydrogen) atoms. The number of fused-ring (bicyclic) bond motifs is 1. The molecule has 0 fully saturated rings. The smallest absolute Gasteiger partial charge is 0.340 e. The Morgan fingerprint density at radius 1 is 0.583 bits per heavy atom. The van der Waals surface area contributed by atoms with Crippen LogP contribution >= 0.6 is 0 Å². The molecule has 0 saturated carbocycles. The number of hydrogen-bond donors (Lipinski definition) is 2. The van der Waals surface area contributed by atoms with Crippen LogP contribution in [0.1, 0.15) is 64.1 Å². The highest BCUT2D eigenvalue weighted by molar-refractivity contribution is 6.23. The highest BCUT2D eigenvalue weighted by atomic mass is 16.5. The number of carbonyl (C=O) groups is 4. The zero-order valence-electron chi connectivity index (χ0n) is 22.4. The first-order valence-electron chi connectivity index (χ1n) is 11.2. The largest absolute Gasteiger partial charge is 0.466 e. The Balaban J connectivity index is 3.12. The van der Waals surface area contributed by atoms with Crippen molar-refractivity contribution in [3.63, 3.8) is 0 Å². The number of esters is 4. The summed E-state index contributed by atoms with van der Waals surface area (Å²) in [5, 5.41) is 0. The zero-order chi connectivity index (χ0) is 27.6. The van der Waals surface area contributed by atoms with Crippen LogP contribution in [0.15, 0.2) is 12.2 Å². The third kappa shape index (κ3) is 5.53. The molecule has 2 aromatic rings. The maximum absolute atomic E-state index is 12.7. The summed E-state index contributed by atoms with van der Waals surface area (Å²) in [6, 6.07) is 0. The normalized spacial score (nSPS) is 12.9. The molecule has 10 heteroatoms. The molecule has 2 N–H and O–H groups in total. The van der Waals surface area contributed by atoms with E-state index in [2.05, 4.69) is 9.97 Å². The number of carbonyl (C=O) groups excluding carboxylic acids is 4. The van der Waals surface area contributed by atoms with Gasteiger partial charge in [-0.25, -0.2) is 19.2 Å². The predicted molar refractivity (Wildman–Crippen MR) is 134 cm³/mol. The molecular weight excluding hydrogens is 468 g/mol. The van der Waals surface area contributed by atoms with Gasteiger partial charge in [-0.05, 0) is 10.8 Å². The van der Waals surface area contributed by atoms with Gasteiger partial charge in [0.25, 0.3) is 0 Å². The van der Waals surface area contributed by atoms with Crippen molar-refractivity contribution in [2.24, 2.45) is 0 Å². The Morgan fingerprint density at radius 3 is 1.11 bits per heavy atom. The van der Waals surface area contributed by atoms with Crippen molar-refractivity contribution in [1.29, 1.82) is 0 Å². The number of aromatic amines is 2. The lowest BCUT2D eigenvalue weighted by Crippen LogP contribution is -2.18. The molecule has 2 heterocycles. The molecule has 0 unspecified atom stereocenters. The van der Waals surface area contributed by atoms with Crippen molar-refractivity contribution in [2.75, 3.05) is 28.4 Å². The van der Waals surface area contributed by atoms with Gasteiger partial charge >= 0.3 is 23.9 Å². The number of nitrogens with one attached hydrogen (secondary N) is 2. The van der Waals surface area contributed by atoms with E-state index < -0.39 is 34.7 Å². The molecule has 2 aromatic heterocycles. The zero-order valence-corrected chi connectivity index (χ0v) is 22.4. The Bertz CT molecular complexity index is 1160. The number of aromatic nitrogens is 2. The summed E-state index contributed by atoms with van der Waals surface area (Å²) in [6.07, 6.45) is 2.14. The topological polar surface area (TPSA) is 137 Å². The summed E-state index contributed by atoms with van der Waals surface area (Å²) in [5.74, 6) is -2.90. The minimum absolute atomic E-state index is 0.0152. The number of hydrogen-bond acceptors (Lipinski definition) is 8. The van der Waals surface area contributed by atoms with E-state index in [-0.39, 0.29) is 11.1 Å². The van der Waals surface area contributed by atoms with Gasteiger partial charge in [-0.15, -0.1) is 0 Å². The molecule has 0 bridgehead atoms. The third-order valence-corrected chi connectivity index (χ3v) is 5.53. The van der Waals surface area contributed by atoms with Crippen LogP contribution in [0.25, 0.3) is 22.2 Å². The van der Waals surface area contributed by atoms with Crippen LogP contribution in [0.5, 0.6) is 0 Å². The van der Waals surface area contributed by atoms with E-state index >= 15 is 0 Å². The average molecular weight is 503 g/mol. The first-order valence-corrected chi connectivity index (χ1v) is 11.2. The van der Waals surface area contributed by atoms with Gasteiger partial charge in [0.05, 0.1) is 62.0 Å². The van der Waals surface area contributed by atoms with E-state index in [9.17, 15) is 19.2 Å². The second-order valence-electron chi connectivity index (χ2n) is 10.1. The van der Waals surface area contributed by atoms with E-state index in [1.54, 1.807) is 0 Å². The van der Waals surface area contributed by atoms with Gasteiger partial charge in [0.1, 0.15) is 0 Å². The van der Waals surface area contributed by atoms with Crippen LogP contribution < -0.4 is 0 Å². The number of ether oxygens (including phenoxy) is 4. The van der Waals surface area contributed by atoms with Crippen molar-refractivity contribution in [2.45, 2.75) is 52.4 Å². The Hall–Kier alpha value is -3.82. The SMILES string of the molecule is COC(=O)/C=C(\C(=O)OC)c1[nH]c2c(C(C)(C)C)c(/C(=C\C(=O)OC)C(=O)OC)[nH]c2c1C(C)(C)C. The van der Waals surface area contributed by atoms with Crippen molar-refractivity contribution >= 4 is 46.1 Å². The molecule has 0 saturated heterocycles. The van der Waals surface area contributed by atoms with E-state index in [0.29, 0.717) is 33.5 Å². The molecule has 0 atom stereocenters. The summed E-state index contributed by atoms with van der Waals surface area (Å²) in [4.78, 5) is 56.3. The minimum atomic E-state index is -0.729. The molecule has 0 aliphatic rings. The van der Waals surface area contributed by atoms with Gasteiger partial charge in [0.15, 0.2) is 0 Å². The fourth-order valence-electron chi connectivity index (χ4n) is 4.07. The minimum Gasteiger partial charge on any atom is -0.466 e. The standard InChI is InChI=1S/C26H34N2O8/c1-25(2,3)17-19(13(23(31)35-9)11-15(29)33-7)27-22-18(26(4,5)6)20(28-21(17)22)14(24(32)36-10)12-16(30)34-8/h11-12,27-28H,1-10H3/b13-11-,14-12+. The fourth-order valence-corrected chi connectivity index (χ4v) is 4.07. The summed E-state index contributed by atoms with van der Waals surface area (Å²) in [6.45, 7) is 11.6. The molecule has 2 rings (SSSR count). The summed E-state index contributed by atoms with van der Waals surface area (Å²) in [7, 11) is 4.86. The van der Waals surface area contributed by atoms with Crippen LogP contribution in [0.2, 0.25) is 0 Å². The lowest BCUT2D eigenvalue weighted by Gasteiger charge is -2.21. The lowest BCUT2D eigenvalue weighted by atomic mass is 9.83. The van der Waals surface area contributed by atoms with Crippen LogP contribution in [-0.2, 0) is 49.0 Å². The average Bonchev–Trinajstić information content (AvgIpc) is 3.34. The summed E-state index contributed by atoms with van der Waals surface area (Å²) in [5.41, 5.74) is 2.13. The number of rotatable bonds is 6. The third-order valence-electron chi connectivity index (χ3n) is 5.53. The number of methoxy groups -OCH3 is 4. The van der Waals surface area contributed by atoms with Crippen molar-refractivity contribution < 1.29 is 38.1 Å². The van der Waals surface area contributed by atoms with E-state index in [1.165, 1.54) is 28.4 Å². The molecule has 0 radical (unpaired) electrons. The fraction of sp³-hybridized carbons (Fsp3) is 0.462. The van der Waals surface area contributed by atoms with E-state index in [1.807, 2.05) is 41.5 Å². The molecule has 196 valence electrons. The Morgan fingerprint density at radius 2 is 0.889 bits per heavy atom. The second-order valence-corrected chi connectivity index (χ2v) is 10.1. The first kappa shape index (κ1) is 28.4. The van der Waals surface area contributed by atoms with Crippen LogP contribution in [0, 0.1) is 0 Å². The first-order chi connectivity index (χ1) is 16.6. The van der Waals surface area contributed by atoms with Crippen LogP contribution in [-0.4, -0.2) is 62.3 Å². The molecule has 0 aromatic carbocycles. The molecule has 0 spiro atoms. The van der Waals surface area contributed by atoms with Crippen molar-refractivity contribution in [1.82, 2.24) is 9.97 Å². The second kappa shape index (κ2) is 10.4. The van der Waals surface area contributed by atoms with Crippen molar-refractivity contribution in [3.05, 3.63) is 34.7 Å². The van der Waals surface area contributed by atoms with Gasteiger partial charge in [-0.1, -0.05) is 41.5 Å². The van der Waals surface area contributed by atoms with Gasteiger partial charge in [0.2, 0.25) is 0 Å².